The van der Waals surface area contributed by atoms with Crippen LogP contribution in [0.15, 0.2) is 18.2 Å². The third kappa shape index (κ3) is 2.90. The summed E-state index contributed by atoms with van der Waals surface area (Å²) in [6, 6.07) is 7.43. The maximum absolute atomic E-state index is 4.98. The van der Waals surface area contributed by atoms with Gasteiger partial charge in [0.25, 0.3) is 0 Å². The van der Waals surface area contributed by atoms with Crippen molar-refractivity contribution in [2.75, 3.05) is 19.6 Å². The molecule has 0 amide bonds. The van der Waals surface area contributed by atoms with Gasteiger partial charge in [0.2, 0.25) is 0 Å². The van der Waals surface area contributed by atoms with Crippen LogP contribution in [-0.2, 0) is 13.1 Å². The molecule has 1 aromatic heterocycles. The van der Waals surface area contributed by atoms with Crippen molar-refractivity contribution >= 4 is 11.0 Å². The van der Waals surface area contributed by atoms with Crippen LogP contribution in [0.3, 0.4) is 0 Å². The normalized spacial score (nSPS) is 26.2. The van der Waals surface area contributed by atoms with Gasteiger partial charge in [-0.3, -0.25) is 4.90 Å². The van der Waals surface area contributed by atoms with Crippen molar-refractivity contribution < 1.29 is 0 Å². The number of hydrogen-bond acceptors (Lipinski definition) is 3. The van der Waals surface area contributed by atoms with Gasteiger partial charge in [-0.1, -0.05) is 19.9 Å². The summed E-state index contributed by atoms with van der Waals surface area (Å²) in [5.41, 5.74) is 3.90. The first-order chi connectivity index (χ1) is 11.2. The summed E-state index contributed by atoms with van der Waals surface area (Å²) in [7, 11) is 0. The minimum atomic E-state index is 0.504. The van der Waals surface area contributed by atoms with E-state index in [2.05, 4.69) is 46.8 Å². The van der Waals surface area contributed by atoms with Crippen LogP contribution in [0.2, 0.25) is 0 Å². The lowest BCUT2D eigenvalue weighted by Gasteiger charge is -2.28. The molecule has 2 atom stereocenters. The molecule has 0 bridgehead atoms. The number of nitrogens with one attached hydrogen (secondary N) is 1. The van der Waals surface area contributed by atoms with Gasteiger partial charge in [0.1, 0.15) is 5.82 Å². The molecule has 1 saturated heterocycles. The molecule has 1 aromatic carbocycles. The number of nitrogens with zero attached hydrogens (tertiary/aromatic N) is 3. The van der Waals surface area contributed by atoms with Crippen LogP contribution in [0, 0.1) is 5.92 Å². The van der Waals surface area contributed by atoms with E-state index in [1.807, 2.05) is 0 Å². The number of aryl methyl sites for hydroxylation is 1. The fourth-order valence-corrected chi connectivity index (χ4v) is 4.07. The van der Waals surface area contributed by atoms with E-state index in [9.17, 15) is 0 Å². The van der Waals surface area contributed by atoms with Crippen LogP contribution in [0.1, 0.15) is 50.5 Å². The average Bonchev–Trinajstić information content (AvgIpc) is 2.78. The maximum Gasteiger partial charge on any atom is 0.124 e. The Labute approximate surface area is 138 Å². The van der Waals surface area contributed by atoms with Gasteiger partial charge in [0, 0.05) is 19.1 Å². The summed E-state index contributed by atoms with van der Waals surface area (Å²) in [6.45, 7) is 10.1. The maximum atomic E-state index is 4.98. The van der Waals surface area contributed by atoms with Crippen molar-refractivity contribution in [3.8, 4) is 0 Å². The molecule has 4 rings (SSSR count). The zero-order valence-electron chi connectivity index (χ0n) is 14.4. The molecule has 3 heterocycles. The number of hydrogen-bond donors (Lipinski definition) is 1. The van der Waals surface area contributed by atoms with Gasteiger partial charge in [-0.05, 0) is 56.0 Å². The van der Waals surface area contributed by atoms with Gasteiger partial charge in [0.05, 0.1) is 17.6 Å². The largest absolute Gasteiger partial charge is 0.327 e. The third-order valence-corrected chi connectivity index (χ3v) is 5.58. The number of piperidine rings is 1. The van der Waals surface area contributed by atoms with E-state index in [-0.39, 0.29) is 0 Å². The summed E-state index contributed by atoms with van der Waals surface area (Å²) in [5.74, 6) is 2.04. The molecular weight excluding hydrogens is 284 g/mol. The van der Waals surface area contributed by atoms with Gasteiger partial charge < -0.3 is 9.88 Å². The van der Waals surface area contributed by atoms with Crippen molar-refractivity contribution in [3.05, 3.63) is 29.6 Å². The summed E-state index contributed by atoms with van der Waals surface area (Å²) >= 11 is 0. The molecule has 23 heavy (non-hydrogen) atoms. The highest BCUT2D eigenvalue weighted by Crippen LogP contribution is 2.29. The van der Waals surface area contributed by atoms with Crippen LogP contribution < -0.4 is 5.32 Å². The molecule has 0 aliphatic carbocycles. The molecule has 2 aliphatic rings. The van der Waals surface area contributed by atoms with E-state index in [1.54, 1.807) is 0 Å². The Morgan fingerprint density at radius 1 is 1.26 bits per heavy atom. The monoisotopic (exact) mass is 312 g/mol. The predicted octanol–water partition coefficient (Wildman–Crippen LogP) is 3.32. The zero-order chi connectivity index (χ0) is 15.8. The number of fused-ring (bicyclic) bond motifs is 3. The molecule has 4 heteroatoms. The SMILES string of the molecule is CCN1CCCn2c(nc3cc([C@H]4CC[C@H](C)CN4)ccc32)C1. The van der Waals surface area contributed by atoms with Crippen molar-refractivity contribution in [1.29, 1.82) is 0 Å². The highest BCUT2D eigenvalue weighted by atomic mass is 15.2. The first-order valence-electron chi connectivity index (χ1n) is 9.19. The summed E-state index contributed by atoms with van der Waals surface area (Å²) in [5, 5.41) is 3.69. The van der Waals surface area contributed by atoms with Crippen LogP contribution >= 0.6 is 0 Å². The fourth-order valence-electron chi connectivity index (χ4n) is 4.07. The average molecular weight is 312 g/mol. The highest BCUT2D eigenvalue weighted by Gasteiger charge is 2.21. The van der Waals surface area contributed by atoms with E-state index >= 15 is 0 Å². The fraction of sp³-hybridized carbons (Fsp3) is 0.632. The second-order valence-corrected chi connectivity index (χ2v) is 7.29. The lowest BCUT2D eigenvalue weighted by atomic mass is 9.92. The second kappa shape index (κ2) is 6.25. The molecule has 124 valence electrons. The smallest absolute Gasteiger partial charge is 0.124 e. The Kier molecular flexibility index (Phi) is 4.12. The third-order valence-electron chi connectivity index (χ3n) is 5.58. The lowest BCUT2D eigenvalue weighted by molar-refractivity contribution is 0.282. The second-order valence-electron chi connectivity index (χ2n) is 7.29. The van der Waals surface area contributed by atoms with Crippen molar-refractivity contribution in [2.24, 2.45) is 5.92 Å². The molecule has 4 nitrogen and oxygen atoms in total. The predicted molar refractivity (Wildman–Crippen MR) is 94.4 cm³/mol. The molecule has 2 aliphatic heterocycles. The minimum Gasteiger partial charge on any atom is -0.327 e. The summed E-state index contributed by atoms with van der Waals surface area (Å²) in [4.78, 5) is 7.47. The molecule has 0 saturated carbocycles. The molecule has 0 unspecified atom stereocenters. The van der Waals surface area contributed by atoms with E-state index < -0.39 is 0 Å². The first kappa shape index (κ1) is 15.2. The number of aromatic nitrogens is 2. The van der Waals surface area contributed by atoms with Crippen molar-refractivity contribution in [1.82, 2.24) is 19.8 Å². The minimum absolute atomic E-state index is 0.504. The molecule has 0 spiro atoms. The van der Waals surface area contributed by atoms with Crippen LogP contribution in [0.5, 0.6) is 0 Å². The lowest BCUT2D eigenvalue weighted by Crippen LogP contribution is -2.31. The quantitative estimate of drug-likeness (QED) is 0.923. The number of benzene rings is 1. The van der Waals surface area contributed by atoms with Crippen LogP contribution in [0.4, 0.5) is 0 Å². The van der Waals surface area contributed by atoms with Crippen molar-refractivity contribution in [2.45, 2.75) is 52.2 Å². The molecule has 1 N–H and O–H groups in total. The van der Waals surface area contributed by atoms with Crippen molar-refractivity contribution in [3.63, 3.8) is 0 Å². The molecular formula is C19H28N4. The molecule has 0 radical (unpaired) electrons. The standard InChI is InChI=1S/C19H28N4/c1-3-22-9-4-10-23-18-8-6-15(11-17(18)21-19(23)13-22)16-7-5-14(2)12-20-16/h6,8,11,14,16,20H,3-5,7,9-10,12-13H2,1-2H3/t14-,16+/m0/s1. The summed E-state index contributed by atoms with van der Waals surface area (Å²) < 4.78 is 2.44. The van der Waals surface area contributed by atoms with Gasteiger partial charge in [-0.15, -0.1) is 0 Å². The summed E-state index contributed by atoms with van der Waals surface area (Å²) in [6.07, 6.45) is 3.78. The van der Waals surface area contributed by atoms with E-state index in [0.29, 0.717) is 6.04 Å². The number of imidazole rings is 1. The van der Waals surface area contributed by atoms with E-state index in [0.717, 1.165) is 32.1 Å². The van der Waals surface area contributed by atoms with Gasteiger partial charge >= 0.3 is 0 Å². The zero-order valence-corrected chi connectivity index (χ0v) is 14.4. The topological polar surface area (TPSA) is 33.1 Å². The van der Waals surface area contributed by atoms with Crippen LogP contribution in [0.25, 0.3) is 11.0 Å². The Hall–Kier alpha value is -1.39. The Morgan fingerprint density at radius 3 is 2.96 bits per heavy atom. The Morgan fingerprint density at radius 2 is 2.17 bits per heavy atom. The Balaban J connectivity index is 1.65. The van der Waals surface area contributed by atoms with Gasteiger partial charge in [0.15, 0.2) is 0 Å². The van der Waals surface area contributed by atoms with Gasteiger partial charge in [-0.25, -0.2) is 4.98 Å². The first-order valence-corrected chi connectivity index (χ1v) is 9.19. The van der Waals surface area contributed by atoms with Gasteiger partial charge in [-0.2, -0.15) is 0 Å². The van der Waals surface area contributed by atoms with E-state index in [4.69, 9.17) is 4.98 Å². The molecule has 1 fully saturated rings. The number of rotatable bonds is 2. The van der Waals surface area contributed by atoms with Crippen LogP contribution in [-0.4, -0.2) is 34.1 Å². The molecule has 2 aromatic rings. The van der Waals surface area contributed by atoms with E-state index in [1.165, 1.54) is 48.2 Å². The highest BCUT2D eigenvalue weighted by molar-refractivity contribution is 5.77. The Bertz CT molecular complexity index is 682.